The van der Waals surface area contributed by atoms with Crippen molar-refractivity contribution in [2.75, 3.05) is 28.4 Å². The summed E-state index contributed by atoms with van der Waals surface area (Å²) in [6.07, 6.45) is -0.137. The van der Waals surface area contributed by atoms with Crippen LogP contribution in [0, 0.1) is 0 Å². The Morgan fingerprint density at radius 2 is 1.44 bits per heavy atom. The second-order valence-corrected chi connectivity index (χ2v) is 8.01. The van der Waals surface area contributed by atoms with Crippen LogP contribution >= 0.6 is 0 Å². The first kappa shape index (κ1) is 24.7. The van der Waals surface area contributed by atoms with Gasteiger partial charge < -0.3 is 28.5 Å². The number of Topliss-reactive ketones (excluding diaryl/α,β-unsaturated/α-hetero) is 1. The van der Waals surface area contributed by atoms with Crippen molar-refractivity contribution in [1.82, 2.24) is 0 Å². The predicted octanol–water partition coefficient (Wildman–Crippen LogP) is 4.94. The zero-order valence-electron chi connectivity index (χ0n) is 20.4. The average molecular weight is 491 g/mol. The minimum Gasteiger partial charge on any atom is -0.507 e. The van der Waals surface area contributed by atoms with Crippen molar-refractivity contribution in [3.05, 3.63) is 87.8 Å². The van der Waals surface area contributed by atoms with Crippen LogP contribution in [0.5, 0.6) is 28.7 Å². The Labute approximate surface area is 207 Å². The maximum atomic E-state index is 13.5. The molecule has 0 saturated carbocycles. The first-order valence-corrected chi connectivity index (χ1v) is 11.1. The Morgan fingerprint density at radius 3 is 2.11 bits per heavy atom. The van der Waals surface area contributed by atoms with E-state index >= 15 is 0 Å². The SMILES string of the molecule is COc1ccc(C(=O)C[C@@H](c2ccc(OC)c(OC)c2)c2c(O)c3ccccc3oc2=O)cc1OC. The van der Waals surface area contributed by atoms with E-state index in [4.69, 9.17) is 23.4 Å². The van der Waals surface area contributed by atoms with E-state index in [-0.39, 0.29) is 29.1 Å². The normalized spacial score (nSPS) is 11.7. The highest BCUT2D eigenvalue weighted by molar-refractivity contribution is 5.97. The number of aromatic hydroxyl groups is 1. The molecule has 0 amide bonds. The number of ketones is 1. The molecule has 0 aliphatic carbocycles. The lowest BCUT2D eigenvalue weighted by Gasteiger charge is -2.20. The van der Waals surface area contributed by atoms with E-state index in [1.165, 1.54) is 28.4 Å². The highest BCUT2D eigenvalue weighted by atomic mass is 16.5. The second-order valence-electron chi connectivity index (χ2n) is 8.01. The summed E-state index contributed by atoms with van der Waals surface area (Å²) in [5.74, 6) is 0.442. The molecule has 4 aromatic rings. The van der Waals surface area contributed by atoms with Gasteiger partial charge in [0.1, 0.15) is 11.3 Å². The van der Waals surface area contributed by atoms with Crippen molar-refractivity contribution < 1.29 is 33.3 Å². The third-order valence-corrected chi connectivity index (χ3v) is 6.07. The molecule has 8 nitrogen and oxygen atoms in total. The van der Waals surface area contributed by atoms with E-state index in [0.717, 1.165) is 0 Å². The van der Waals surface area contributed by atoms with Gasteiger partial charge in [0, 0.05) is 17.9 Å². The summed E-state index contributed by atoms with van der Waals surface area (Å²) in [5.41, 5.74) is 0.434. The van der Waals surface area contributed by atoms with Gasteiger partial charge in [0.2, 0.25) is 0 Å². The largest absolute Gasteiger partial charge is 0.507 e. The molecule has 0 aliphatic heterocycles. The van der Waals surface area contributed by atoms with E-state index < -0.39 is 11.5 Å². The van der Waals surface area contributed by atoms with Crippen LogP contribution in [-0.4, -0.2) is 39.3 Å². The van der Waals surface area contributed by atoms with Gasteiger partial charge in [-0.25, -0.2) is 4.79 Å². The van der Waals surface area contributed by atoms with Gasteiger partial charge in [0.05, 0.1) is 39.4 Å². The van der Waals surface area contributed by atoms with Gasteiger partial charge in [-0.1, -0.05) is 18.2 Å². The number of ether oxygens (including phenoxy) is 4. The van der Waals surface area contributed by atoms with E-state index in [1.807, 2.05) is 0 Å². The maximum Gasteiger partial charge on any atom is 0.343 e. The molecule has 3 aromatic carbocycles. The summed E-state index contributed by atoms with van der Waals surface area (Å²) >= 11 is 0. The smallest absolute Gasteiger partial charge is 0.343 e. The fourth-order valence-corrected chi connectivity index (χ4v) is 4.22. The van der Waals surface area contributed by atoms with Crippen LogP contribution < -0.4 is 24.6 Å². The number of hydrogen-bond acceptors (Lipinski definition) is 8. The fraction of sp³-hybridized carbons (Fsp3) is 0.214. The molecule has 1 N–H and O–H groups in total. The van der Waals surface area contributed by atoms with Crippen molar-refractivity contribution in [3.63, 3.8) is 0 Å². The number of rotatable bonds is 9. The fourth-order valence-electron chi connectivity index (χ4n) is 4.22. The summed E-state index contributed by atoms with van der Waals surface area (Å²) < 4.78 is 26.9. The first-order valence-electron chi connectivity index (χ1n) is 11.1. The standard InChI is InChI=1S/C28H26O8/c1-32-22-11-9-16(13-24(22)34-3)19(15-20(29)17-10-12-23(33-2)25(14-17)35-4)26-27(30)18-7-5-6-8-21(18)36-28(26)31/h5-14,19,30H,15H2,1-4H3/t19-/m0/s1. The van der Waals surface area contributed by atoms with Crippen molar-refractivity contribution in [1.29, 1.82) is 0 Å². The minimum atomic E-state index is -0.841. The average Bonchev–Trinajstić information content (AvgIpc) is 2.91. The molecule has 0 aliphatic rings. The van der Waals surface area contributed by atoms with E-state index in [2.05, 4.69) is 0 Å². The third kappa shape index (κ3) is 4.57. The molecule has 0 fully saturated rings. The molecule has 186 valence electrons. The van der Waals surface area contributed by atoms with Gasteiger partial charge in [-0.05, 0) is 48.0 Å². The van der Waals surface area contributed by atoms with E-state index in [0.29, 0.717) is 39.5 Å². The Balaban J connectivity index is 1.87. The molecule has 4 rings (SSSR count). The second kappa shape index (κ2) is 10.4. The minimum absolute atomic E-state index is 0.0188. The monoisotopic (exact) mass is 490 g/mol. The zero-order chi connectivity index (χ0) is 25.8. The van der Waals surface area contributed by atoms with Crippen LogP contribution in [0.4, 0.5) is 0 Å². The highest BCUT2D eigenvalue weighted by Crippen LogP contribution is 2.40. The van der Waals surface area contributed by atoms with Crippen LogP contribution in [0.3, 0.4) is 0 Å². The summed E-state index contributed by atoms with van der Waals surface area (Å²) in [6, 6.07) is 16.6. The molecule has 0 bridgehead atoms. The quantitative estimate of drug-likeness (QED) is 0.260. The number of benzene rings is 3. The molecule has 0 spiro atoms. The van der Waals surface area contributed by atoms with Crippen molar-refractivity contribution >= 4 is 16.8 Å². The van der Waals surface area contributed by atoms with Gasteiger partial charge in [0.15, 0.2) is 28.8 Å². The highest BCUT2D eigenvalue weighted by Gasteiger charge is 2.28. The molecular formula is C28H26O8. The van der Waals surface area contributed by atoms with Crippen LogP contribution in [0.25, 0.3) is 11.0 Å². The van der Waals surface area contributed by atoms with Crippen LogP contribution in [0.15, 0.2) is 69.9 Å². The molecular weight excluding hydrogens is 464 g/mol. The molecule has 1 heterocycles. The molecule has 0 radical (unpaired) electrons. The topological polar surface area (TPSA) is 104 Å². The van der Waals surface area contributed by atoms with Crippen LogP contribution in [0.1, 0.15) is 33.8 Å². The van der Waals surface area contributed by atoms with Crippen molar-refractivity contribution in [3.8, 4) is 28.7 Å². The van der Waals surface area contributed by atoms with Crippen LogP contribution in [-0.2, 0) is 0 Å². The molecule has 0 unspecified atom stereocenters. The van der Waals surface area contributed by atoms with E-state index in [1.54, 1.807) is 60.7 Å². The molecule has 0 saturated heterocycles. The first-order chi connectivity index (χ1) is 17.4. The molecule has 8 heteroatoms. The molecule has 36 heavy (non-hydrogen) atoms. The predicted molar refractivity (Wildman–Crippen MR) is 134 cm³/mol. The van der Waals surface area contributed by atoms with Gasteiger partial charge in [-0.2, -0.15) is 0 Å². The van der Waals surface area contributed by atoms with Gasteiger partial charge >= 0.3 is 5.63 Å². The van der Waals surface area contributed by atoms with Gasteiger partial charge in [0.25, 0.3) is 0 Å². The summed E-state index contributed by atoms with van der Waals surface area (Å²) in [7, 11) is 6.00. The lowest BCUT2D eigenvalue weighted by atomic mass is 9.85. The van der Waals surface area contributed by atoms with Crippen molar-refractivity contribution in [2.24, 2.45) is 0 Å². The number of carbonyl (C=O) groups is 1. The summed E-state index contributed by atoms with van der Waals surface area (Å²) in [4.78, 5) is 26.6. The zero-order valence-corrected chi connectivity index (χ0v) is 20.4. The number of methoxy groups -OCH3 is 4. The molecule has 1 aromatic heterocycles. The number of hydrogen-bond donors (Lipinski definition) is 1. The van der Waals surface area contributed by atoms with Gasteiger partial charge in [-0.15, -0.1) is 0 Å². The Bertz CT molecular complexity index is 1470. The lowest BCUT2D eigenvalue weighted by molar-refractivity contribution is 0.0976. The third-order valence-electron chi connectivity index (χ3n) is 6.07. The lowest BCUT2D eigenvalue weighted by Crippen LogP contribution is -2.18. The summed E-state index contributed by atoms with van der Waals surface area (Å²) in [6.45, 7) is 0. The van der Waals surface area contributed by atoms with E-state index in [9.17, 15) is 14.7 Å². The maximum absolute atomic E-state index is 13.5. The van der Waals surface area contributed by atoms with Crippen LogP contribution in [0.2, 0.25) is 0 Å². The summed E-state index contributed by atoms with van der Waals surface area (Å²) in [5, 5.41) is 11.5. The number of para-hydroxylation sites is 1. The number of fused-ring (bicyclic) bond motifs is 1. The number of carbonyl (C=O) groups excluding carboxylic acids is 1. The Morgan fingerprint density at radius 1 is 0.833 bits per heavy atom. The Kier molecular flexibility index (Phi) is 7.15. The molecule has 1 atom stereocenters. The Hall–Kier alpha value is -4.46. The van der Waals surface area contributed by atoms with Gasteiger partial charge in [-0.3, -0.25) is 4.79 Å². The van der Waals surface area contributed by atoms with Crippen molar-refractivity contribution in [2.45, 2.75) is 12.3 Å².